The van der Waals surface area contributed by atoms with Crippen LogP contribution in [0, 0.1) is 6.92 Å². The number of nitrogens with one attached hydrogen (secondary N) is 1. The molecule has 4 heteroatoms. The second kappa shape index (κ2) is 6.00. The average molecular weight is 256 g/mol. The number of aromatic nitrogens is 1. The average Bonchev–Trinajstić information content (AvgIpc) is 2.46. The Hall–Kier alpha value is -2.36. The molecule has 19 heavy (non-hydrogen) atoms. The van der Waals surface area contributed by atoms with Crippen LogP contribution < -0.4 is 5.32 Å². The van der Waals surface area contributed by atoms with Crippen LogP contribution in [0.2, 0.25) is 0 Å². The van der Waals surface area contributed by atoms with E-state index in [1.165, 1.54) is 18.9 Å². The van der Waals surface area contributed by atoms with Crippen LogP contribution in [0.25, 0.3) is 0 Å². The SMILES string of the molecule is COC(=O)c1cnc(NCc2ccccc2)c(C)c1. The predicted octanol–water partition coefficient (Wildman–Crippen LogP) is 2.79. The zero-order valence-corrected chi connectivity index (χ0v) is 11.0. The van der Waals surface area contributed by atoms with Gasteiger partial charge in [0.05, 0.1) is 12.7 Å². The molecule has 0 saturated carbocycles. The van der Waals surface area contributed by atoms with Crippen molar-refractivity contribution in [2.24, 2.45) is 0 Å². The summed E-state index contributed by atoms with van der Waals surface area (Å²) in [6.07, 6.45) is 1.52. The third-order valence-corrected chi connectivity index (χ3v) is 2.80. The van der Waals surface area contributed by atoms with Crippen LogP contribution in [0.15, 0.2) is 42.6 Å². The molecular weight excluding hydrogens is 240 g/mol. The molecule has 0 aliphatic carbocycles. The predicted molar refractivity (Wildman–Crippen MR) is 74.1 cm³/mol. The Morgan fingerprint density at radius 1 is 1.32 bits per heavy atom. The normalized spacial score (nSPS) is 10.0. The molecule has 1 aromatic heterocycles. The second-order valence-corrected chi connectivity index (χ2v) is 4.22. The standard InChI is InChI=1S/C15H16N2O2/c1-11-8-13(15(18)19-2)10-17-14(11)16-9-12-6-4-3-5-7-12/h3-8,10H,9H2,1-2H3,(H,16,17). The number of methoxy groups -OCH3 is 1. The first-order valence-corrected chi connectivity index (χ1v) is 6.03. The van der Waals surface area contributed by atoms with Crippen LogP contribution in [0.4, 0.5) is 5.82 Å². The van der Waals surface area contributed by atoms with Crippen molar-refractivity contribution in [3.63, 3.8) is 0 Å². The molecule has 0 aliphatic rings. The van der Waals surface area contributed by atoms with Crippen molar-refractivity contribution >= 4 is 11.8 Å². The van der Waals surface area contributed by atoms with Crippen molar-refractivity contribution < 1.29 is 9.53 Å². The maximum Gasteiger partial charge on any atom is 0.339 e. The molecule has 1 N–H and O–H groups in total. The third kappa shape index (κ3) is 3.31. The third-order valence-electron chi connectivity index (χ3n) is 2.80. The van der Waals surface area contributed by atoms with E-state index in [-0.39, 0.29) is 5.97 Å². The molecule has 2 rings (SSSR count). The molecule has 2 aromatic rings. The van der Waals surface area contributed by atoms with Crippen LogP contribution in [-0.2, 0) is 11.3 Å². The Labute approximate surface area is 112 Å². The van der Waals surface area contributed by atoms with Gasteiger partial charge in [0.2, 0.25) is 0 Å². The van der Waals surface area contributed by atoms with E-state index >= 15 is 0 Å². The molecule has 0 fully saturated rings. The zero-order valence-electron chi connectivity index (χ0n) is 11.0. The minimum absolute atomic E-state index is 0.370. The molecule has 0 radical (unpaired) electrons. The first-order valence-electron chi connectivity index (χ1n) is 6.03. The summed E-state index contributed by atoms with van der Waals surface area (Å²) >= 11 is 0. The number of ether oxygens (including phenoxy) is 1. The van der Waals surface area contributed by atoms with E-state index in [1.807, 2.05) is 37.3 Å². The summed E-state index contributed by atoms with van der Waals surface area (Å²) in [6.45, 7) is 2.61. The highest BCUT2D eigenvalue weighted by molar-refractivity contribution is 5.89. The summed E-state index contributed by atoms with van der Waals surface area (Å²) in [5, 5.41) is 3.25. The number of carbonyl (C=O) groups excluding carboxylic acids is 1. The molecule has 4 nitrogen and oxygen atoms in total. The maximum absolute atomic E-state index is 11.4. The highest BCUT2D eigenvalue weighted by Crippen LogP contribution is 2.14. The molecule has 0 atom stereocenters. The molecule has 0 bridgehead atoms. The number of aryl methyl sites for hydroxylation is 1. The molecule has 98 valence electrons. The van der Waals surface area contributed by atoms with Gasteiger partial charge in [0.15, 0.2) is 0 Å². The largest absolute Gasteiger partial charge is 0.465 e. The van der Waals surface area contributed by atoms with Gasteiger partial charge in [-0.1, -0.05) is 30.3 Å². The molecule has 0 spiro atoms. The van der Waals surface area contributed by atoms with E-state index < -0.39 is 0 Å². The van der Waals surface area contributed by atoms with Gasteiger partial charge in [0, 0.05) is 12.7 Å². The molecule has 1 heterocycles. The zero-order chi connectivity index (χ0) is 13.7. The van der Waals surface area contributed by atoms with Crippen LogP contribution in [0.3, 0.4) is 0 Å². The molecular formula is C15H16N2O2. The fourth-order valence-electron chi connectivity index (χ4n) is 1.77. The lowest BCUT2D eigenvalue weighted by molar-refractivity contribution is 0.0600. The van der Waals surface area contributed by atoms with Crippen LogP contribution in [-0.4, -0.2) is 18.1 Å². The fourth-order valence-corrected chi connectivity index (χ4v) is 1.77. The van der Waals surface area contributed by atoms with E-state index in [4.69, 9.17) is 0 Å². The van der Waals surface area contributed by atoms with Crippen molar-refractivity contribution in [3.8, 4) is 0 Å². The summed E-state index contributed by atoms with van der Waals surface area (Å²) in [7, 11) is 1.36. The lowest BCUT2D eigenvalue weighted by atomic mass is 10.2. The minimum Gasteiger partial charge on any atom is -0.465 e. The maximum atomic E-state index is 11.4. The number of pyridine rings is 1. The minimum atomic E-state index is -0.370. The quantitative estimate of drug-likeness (QED) is 0.855. The van der Waals surface area contributed by atoms with Crippen LogP contribution in [0.1, 0.15) is 21.5 Å². The van der Waals surface area contributed by atoms with Crippen molar-refractivity contribution in [1.29, 1.82) is 0 Å². The van der Waals surface area contributed by atoms with Crippen LogP contribution >= 0.6 is 0 Å². The van der Waals surface area contributed by atoms with E-state index in [0.717, 1.165) is 11.4 Å². The van der Waals surface area contributed by atoms with Gasteiger partial charge in [-0.3, -0.25) is 0 Å². The molecule has 0 aliphatic heterocycles. The molecule has 1 aromatic carbocycles. The van der Waals surface area contributed by atoms with E-state index in [1.54, 1.807) is 6.07 Å². The van der Waals surface area contributed by atoms with Gasteiger partial charge in [-0.25, -0.2) is 9.78 Å². The van der Waals surface area contributed by atoms with Crippen molar-refractivity contribution in [3.05, 3.63) is 59.3 Å². The van der Waals surface area contributed by atoms with E-state index in [2.05, 4.69) is 15.0 Å². The number of rotatable bonds is 4. The number of hydrogen-bond donors (Lipinski definition) is 1. The summed E-state index contributed by atoms with van der Waals surface area (Å²) in [6, 6.07) is 11.8. The van der Waals surface area contributed by atoms with Gasteiger partial charge in [0.1, 0.15) is 5.82 Å². The Morgan fingerprint density at radius 3 is 2.68 bits per heavy atom. The lowest BCUT2D eigenvalue weighted by Crippen LogP contribution is -2.06. The Balaban J connectivity index is 2.07. The number of esters is 1. The van der Waals surface area contributed by atoms with E-state index in [0.29, 0.717) is 12.1 Å². The summed E-state index contributed by atoms with van der Waals surface area (Å²) in [4.78, 5) is 15.6. The van der Waals surface area contributed by atoms with Crippen molar-refractivity contribution in [2.75, 3.05) is 12.4 Å². The molecule has 0 saturated heterocycles. The Kier molecular flexibility index (Phi) is 4.13. The first kappa shape index (κ1) is 13.1. The Morgan fingerprint density at radius 2 is 2.05 bits per heavy atom. The topological polar surface area (TPSA) is 51.2 Å². The number of benzene rings is 1. The number of carbonyl (C=O) groups is 1. The second-order valence-electron chi connectivity index (χ2n) is 4.22. The summed E-state index contributed by atoms with van der Waals surface area (Å²) in [5.74, 6) is 0.404. The van der Waals surface area contributed by atoms with Gasteiger partial charge in [-0.05, 0) is 24.1 Å². The van der Waals surface area contributed by atoms with Gasteiger partial charge in [0.25, 0.3) is 0 Å². The van der Waals surface area contributed by atoms with Gasteiger partial charge in [-0.2, -0.15) is 0 Å². The van der Waals surface area contributed by atoms with Crippen LogP contribution in [0.5, 0.6) is 0 Å². The smallest absolute Gasteiger partial charge is 0.339 e. The fraction of sp³-hybridized carbons (Fsp3) is 0.200. The highest BCUT2D eigenvalue weighted by Gasteiger charge is 2.08. The number of anilines is 1. The van der Waals surface area contributed by atoms with Gasteiger partial charge in [-0.15, -0.1) is 0 Å². The Bertz CT molecular complexity index is 568. The number of nitrogens with zero attached hydrogens (tertiary/aromatic N) is 1. The summed E-state index contributed by atoms with van der Waals surface area (Å²) in [5.41, 5.74) is 2.56. The highest BCUT2D eigenvalue weighted by atomic mass is 16.5. The number of hydrogen-bond acceptors (Lipinski definition) is 4. The lowest BCUT2D eigenvalue weighted by Gasteiger charge is -2.09. The van der Waals surface area contributed by atoms with Crippen molar-refractivity contribution in [2.45, 2.75) is 13.5 Å². The molecule has 0 unspecified atom stereocenters. The first-order chi connectivity index (χ1) is 9.20. The van der Waals surface area contributed by atoms with Gasteiger partial charge >= 0.3 is 5.97 Å². The molecule has 0 amide bonds. The summed E-state index contributed by atoms with van der Waals surface area (Å²) < 4.78 is 4.66. The van der Waals surface area contributed by atoms with Gasteiger partial charge < -0.3 is 10.1 Å². The van der Waals surface area contributed by atoms with Crippen molar-refractivity contribution in [1.82, 2.24) is 4.98 Å². The van der Waals surface area contributed by atoms with E-state index in [9.17, 15) is 4.79 Å². The monoisotopic (exact) mass is 256 g/mol.